The van der Waals surface area contributed by atoms with Gasteiger partial charge in [-0.1, -0.05) is 0 Å². The van der Waals surface area contributed by atoms with Crippen LogP contribution in [0.2, 0.25) is 0 Å². The number of sulfonamides is 1. The van der Waals surface area contributed by atoms with Crippen LogP contribution in [0.25, 0.3) is 0 Å². The number of aliphatic imine (C=N–C) groups is 1. The Balaban J connectivity index is 5.51. The van der Waals surface area contributed by atoms with Crippen molar-refractivity contribution in [3.05, 3.63) is 11.5 Å². The van der Waals surface area contributed by atoms with E-state index in [4.69, 9.17) is 5.73 Å². The number of nitrogens with one attached hydrogen (secondary N) is 2. The van der Waals surface area contributed by atoms with Crippen LogP contribution in [0.3, 0.4) is 0 Å². The first-order chi connectivity index (χ1) is 8.19. The molecule has 0 aliphatic rings. The summed E-state index contributed by atoms with van der Waals surface area (Å²) in [5.74, 6) is -0.956. The number of nitrogens with two attached hydrogens (primary N) is 1. The second-order valence-electron chi connectivity index (χ2n) is 3.66. The zero-order valence-electron chi connectivity index (χ0n) is 10.9. The number of hydrazine groups is 1. The highest BCUT2D eigenvalue weighted by atomic mass is 32.2. The molecule has 0 aromatic rings. The third-order valence-corrected chi connectivity index (χ3v) is 4.32. The van der Waals surface area contributed by atoms with Crippen LogP contribution in [0.1, 0.15) is 13.8 Å². The van der Waals surface area contributed by atoms with Gasteiger partial charge >= 0.3 is 0 Å². The number of carbonyl (C=O) groups excluding carboxylic acids is 1. The van der Waals surface area contributed by atoms with Crippen molar-refractivity contribution in [1.82, 2.24) is 15.2 Å². The Bertz CT molecular complexity index is 455. The van der Waals surface area contributed by atoms with Crippen LogP contribution >= 0.6 is 0 Å². The Morgan fingerprint density at radius 3 is 2.28 bits per heavy atom. The van der Waals surface area contributed by atoms with Crippen molar-refractivity contribution < 1.29 is 13.2 Å². The van der Waals surface area contributed by atoms with Crippen LogP contribution in [-0.4, -0.2) is 44.7 Å². The lowest BCUT2D eigenvalue weighted by atomic mass is 10.4. The number of hydrogen-bond donors (Lipinski definition) is 3. The van der Waals surface area contributed by atoms with E-state index in [-0.39, 0.29) is 11.5 Å². The molecule has 18 heavy (non-hydrogen) atoms. The third kappa shape index (κ3) is 3.44. The van der Waals surface area contributed by atoms with E-state index in [1.807, 2.05) is 0 Å². The van der Waals surface area contributed by atoms with Gasteiger partial charge in [-0.15, -0.1) is 0 Å². The SMILES string of the molecule is C=N/C(C(=O)NNC)=C(/N)N(C)S(=O)(=O)C(C)C. The monoisotopic (exact) mass is 277 g/mol. The fourth-order valence-corrected chi connectivity index (χ4v) is 2.04. The predicted octanol–water partition coefficient (Wildman–Crippen LogP) is -1.26. The minimum absolute atomic E-state index is 0.268. The molecular formula is C9H19N5O3S. The van der Waals surface area contributed by atoms with Gasteiger partial charge in [-0.25, -0.2) is 13.8 Å². The van der Waals surface area contributed by atoms with Crippen molar-refractivity contribution in [3.8, 4) is 0 Å². The number of nitrogens with zero attached hydrogens (tertiary/aromatic N) is 2. The summed E-state index contributed by atoms with van der Waals surface area (Å²) in [4.78, 5) is 15.0. The van der Waals surface area contributed by atoms with Crippen molar-refractivity contribution in [2.24, 2.45) is 10.7 Å². The van der Waals surface area contributed by atoms with Crippen molar-refractivity contribution in [3.63, 3.8) is 0 Å². The van der Waals surface area contributed by atoms with E-state index in [1.54, 1.807) is 0 Å². The molecule has 104 valence electrons. The molecule has 0 rings (SSSR count). The molecule has 0 aliphatic heterocycles. The molecule has 0 fully saturated rings. The van der Waals surface area contributed by atoms with Gasteiger partial charge < -0.3 is 5.73 Å². The average Bonchev–Trinajstić information content (AvgIpc) is 2.28. The summed E-state index contributed by atoms with van der Waals surface area (Å²) in [7, 11) is -0.889. The Morgan fingerprint density at radius 1 is 1.44 bits per heavy atom. The van der Waals surface area contributed by atoms with E-state index < -0.39 is 21.2 Å². The summed E-state index contributed by atoms with van der Waals surface area (Å²) in [5, 5.41) is -0.667. The summed E-state index contributed by atoms with van der Waals surface area (Å²) >= 11 is 0. The minimum Gasteiger partial charge on any atom is -0.383 e. The first-order valence-corrected chi connectivity index (χ1v) is 6.61. The zero-order valence-corrected chi connectivity index (χ0v) is 11.7. The molecule has 0 unspecified atom stereocenters. The fourth-order valence-electron chi connectivity index (χ4n) is 1.04. The molecular weight excluding hydrogens is 258 g/mol. The van der Waals surface area contributed by atoms with Gasteiger partial charge in [0.15, 0.2) is 5.70 Å². The summed E-state index contributed by atoms with van der Waals surface area (Å²) in [5.41, 5.74) is 9.99. The first-order valence-electron chi connectivity index (χ1n) is 5.11. The molecule has 9 heteroatoms. The Kier molecular flexibility index (Phi) is 5.79. The molecule has 0 saturated carbocycles. The Labute approximate surface area is 107 Å². The van der Waals surface area contributed by atoms with Gasteiger partial charge in [0.05, 0.1) is 5.25 Å². The van der Waals surface area contributed by atoms with Crippen LogP contribution in [0.15, 0.2) is 16.5 Å². The van der Waals surface area contributed by atoms with E-state index in [2.05, 4.69) is 22.6 Å². The largest absolute Gasteiger partial charge is 0.383 e. The maximum absolute atomic E-state index is 11.9. The summed E-state index contributed by atoms with van der Waals surface area (Å²) in [6.45, 7) is 6.21. The molecule has 0 aliphatic carbocycles. The molecule has 0 saturated heterocycles. The molecule has 4 N–H and O–H groups in total. The lowest BCUT2D eigenvalue weighted by Gasteiger charge is -2.22. The van der Waals surface area contributed by atoms with Crippen molar-refractivity contribution >= 4 is 22.6 Å². The van der Waals surface area contributed by atoms with Crippen LogP contribution in [0.4, 0.5) is 0 Å². The molecule has 0 aromatic carbocycles. The minimum atomic E-state index is -3.62. The smallest absolute Gasteiger partial charge is 0.287 e. The van der Waals surface area contributed by atoms with E-state index in [9.17, 15) is 13.2 Å². The molecule has 1 amide bonds. The topological polar surface area (TPSA) is 117 Å². The van der Waals surface area contributed by atoms with Crippen LogP contribution < -0.4 is 16.6 Å². The lowest BCUT2D eigenvalue weighted by Crippen LogP contribution is -2.40. The highest BCUT2D eigenvalue weighted by Gasteiger charge is 2.26. The molecule has 0 spiro atoms. The third-order valence-electron chi connectivity index (χ3n) is 2.17. The van der Waals surface area contributed by atoms with Gasteiger partial charge in [-0.2, -0.15) is 0 Å². The average molecular weight is 277 g/mol. The Hall–Kier alpha value is -1.61. The quantitative estimate of drug-likeness (QED) is 0.318. The van der Waals surface area contributed by atoms with Gasteiger partial charge in [-0.3, -0.25) is 19.5 Å². The highest BCUT2D eigenvalue weighted by molar-refractivity contribution is 7.89. The molecule has 0 heterocycles. The Morgan fingerprint density at radius 2 is 1.94 bits per heavy atom. The van der Waals surface area contributed by atoms with Gasteiger partial charge in [0.1, 0.15) is 5.82 Å². The van der Waals surface area contributed by atoms with Gasteiger partial charge in [0, 0.05) is 14.1 Å². The van der Waals surface area contributed by atoms with Gasteiger partial charge in [0.25, 0.3) is 5.91 Å². The lowest BCUT2D eigenvalue weighted by molar-refractivity contribution is -0.118. The number of rotatable bonds is 6. The van der Waals surface area contributed by atoms with Crippen molar-refractivity contribution in [2.45, 2.75) is 19.1 Å². The van der Waals surface area contributed by atoms with E-state index in [1.165, 1.54) is 27.9 Å². The van der Waals surface area contributed by atoms with E-state index in [0.29, 0.717) is 0 Å². The molecule has 0 aromatic heterocycles. The fraction of sp³-hybridized carbons (Fsp3) is 0.556. The van der Waals surface area contributed by atoms with Crippen LogP contribution in [0, 0.1) is 0 Å². The number of hydrogen-bond acceptors (Lipinski definition) is 6. The standard InChI is InChI=1S/C9H19N5O3S/c1-6(2)18(16,17)14(5)8(10)7(11-3)9(15)13-12-4/h6,12H,3,10H2,1-2,4-5H3,(H,13,15)/b8-7-. The molecule has 0 atom stereocenters. The predicted molar refractivity (Wildman–Crippen MR) is 69.8 cm³/mol. The van der Waals surface area contributed by atoms with Crippen LogP contribution in [-0.2, 0) is 14.8 Å². The maximum atomic E-state index is 11.9. The van der Waals surface area contributed by atoms with Gasteiger partial charge in [-0.05, 0) is 20.6 Å². The summed E-state index contributed by atoms with van der Waals surface area (Å²) in [6, 6.07) is 0. The summed E-state index contributed by atoms with van der Waals surface area (Å²) < 4.78 is 24.6. The second-order valence-corrected chi connectivity index (χ2v) is 6.18. The van der Waals surface area contributed by atoms with E-state index in [0.717, 1.165) is 4.31 Å². The van der Waals surface area contributed by atoms with Gasteiger partial charge in [0.2, 0.25) is 10.0 Å². The normalized spacial score (nSPS) is 12.9. The number of carbonyl (C=O) groups is 1. The highest BCUT2D eigenvalue weighted by Crippen LogP contribution is 2.13. The number of amides is 1. The zero-order chi connectivity index (χ0) is 14.5. The molecule has 8 nitrogen and oxygen atoms in total. The van der Waals surface area contributed by atoms with Crippen molar-refractivity contribution in [2.75, 3.05) is 14.1 Å². The maximum Gasteiger partial charge on any atom is 0.287 e. The molecule has 0 bridgehead atoms. The first kappa shape index (κ1) is 16.4. The van der Waals surface area contributed by atoms with Crippen molar-refractivity contribution in [1.29, 1.82) is 0 Å². The van der Waals surface area contributed by atoms with Crippen LogP contribution in [0.5, 0.6) is 0 Å². The van der Waals surface area contributed by atoms with E-state index >= 15 is 0 Å². The summed E-state index contributed by atoms with van der Waals surface area (Å²) in [6.07, 6.45) is 0. The second kappa shape index (κ2) is 6.36. The molecule has 0 radical (unpaired) electrons.